The van der Waals surface area contributed by atoms with E-state index in [1.54, 1.807) is 18.2 Å². The van der Waals surface area contributed by atoms with Gasteiger partial charge in [0.1, 0.15) is 17.2 Å². The Morgan fingerprint density at radius 2 is 1.85 bits per heavy atom. The topological polar surface area (TPSA) is 75.2 Å². The van der Waals surface area contributed by atoms with Crippen molar-refractivity contribution < 1.29 is 19.1 Å². The van der Waals surface area contributed by atoms with Crippen molar-refractivity contribution in [3.63, 3.8) is 0 Å². The van der Waals surface area contributed by atoms with Gasteiger partial charge in [-0.05, 0) is 24.3 Å². The lowest BCUT2D eigenvalue weighted by molar-refractivity contribution is -0.117. The molecular weight excluding hydrogens is 452 g/mol. The first kappa shape index (κ1) is 22.4. The average molecular weight is 479 g/mol. The maximum Gasteiger partial charge on any atom is 0.282 e. The molecule has 9 heteroatoms. The van der Waals surface area contributed by atoms with E-state index in [2.05, 4.69) is 9.88 Å². The second kappa shape index (κ2) is 9.82. The Balaban J connectivity index is 1.23. The number of amides is 2. The standard InChI is InChI=1S/C25H26N4O4S/c1-32-22-16-20(33-19-5-3-2-4-6-19)7-8-21(22)29-17-18(15-23(29)30)27-10-12-28(13-11-27)25(31)24-26-9-14-34-24/h2-9,14,16,18H,10-13,15,17H2,1H3. The molecule has 8 nitrogen and oxygen atoms in total. The number of hydrogen-bond donors (Lipinski definition) is 0. The summed E-state index contributed by atoms with van der Waals surface area (Å²) in [7, 11) is 1.60. The lowest BCUT2D eigenvalue weighted by Crippen LogP contribution is -2.52. The van der Waals surface area contributed by atoms with Gasteiger partial charge < -0.3 is 19.3 Å². The molecule has 5 rings (SSSR count). The molecule has 1 unspecified atom stereocenters. The molecule has 0 saturated carbocycles. The summed E-state index contributed by atoms with van der Waals surface area (Å²) in [5.41, 5.74) is 0.744. The van der Waals surface area contributed by atoms with Crippen molar-refractivity contribution >= 4 is 28.8 Å². The first-order valence-corrected chi connectivity index (χ1v) is 12.1. The highest BCUT2D eigenvalue weighted by molar-refractivity contribution is 7.11. The predicted octanol–water partition coefficient (Wildman–Crippen LogP) is 3.51. The summed E-state index contributed by atoms with van der Waals surface area (Å²) < 4.78 is 11.5. The van der Waals surface area contributed by atoms with Crippen LogP contribution >= 0.6 is 11.3 Å². The van der Waals surface area contributed by atoms with Crippen molar-refractivity contribution in [3.05, 3.63) is 65.1 Å². The number of nitrogens with zero attached hydrogens (tertiary/aromatic N) is 4. The Morgan fingerprint density at radius 3 is 2.56 bits per heavy atom. The minimum atomic E-state index is -0.0127. The summed E-state index contributed by atoms with van der Waals surface area (Å²) in [6, 6.07) is 15.2. The molecule has 3 aromatic rings. The molecule has 0 bridgehead atoms. The summed E-state index contributed by atoms with van der Waals surface area (Å²) in [5, 5.41) is 2.35. The molecule has 2 aliphatic heterocycles. The van der Waals surface area contributed by atoms with Gasteiger partial charge in [0.25, 0.3) is 5.91 Å². The normalized spacial score (nSPS) is 18.9. The van der Waals surface area contributed by atoms with Crippen molar-refractivity contribution in [1.29, 1.82) is 0 Å². The number of rotatable bonds is 6. The number of piperazine rings is 1. The van der Waals surface area contributed by atoms with E-state index in [0.29, 0.717) is 42.6 Å². The Kier molecular flexibility index (Phi) is 6.46. The molecule has 1 atom stereocenters. The van der Waals surface area contributed by atoms with Gasteiger partial charge in [-0.2, -0.15) is 0 Å². The van der Waals surface area contributed by atoms with Gasteiger partial charge in [-0.3, -0.25) is 14.5 Å². The maximum absolute atomic E-state index is 12.9. The van der Waals surface area contributed by atoms with Crippen LogP contribution in [0.3, 0.4) is 0 Å². The third kappa shape index (κ3) is 4.62. The number of benzene rings is 2. The van der Waals surface area contributed by atoms with E-state index in [-0.39, 0.29) is 17.9 Å². The summed E-state index contributed by atoms with van der Waals surface area (Å²) >= 11 is 1.37. The Morgan fingerprint density at radius 1 is 1.06 bits per heavy atom. The van der Waals surface area contributed by atoms with Crippen LogP contribution in [0.15, 0.2) is 60.1 Å². The molecule has 0 aliphatic carbocycles. The van der Waals surface area contributed by atoms with Gasteiger partial charge in [0.15, 0.2) is 5.01 Å². The molecule has 34 heavy (non-hydrogen) atoms. The number of carbonyl (C=O) groups is 2. The van der Waals surface area contributed by atoms with Crippen molar-refractivity contribution in [1.82, 2.24) is 14.8 Å². The smallest absolute Gasteiger partial charge is 0.282 e. The number of aromatic nitrogens is 1. The summed E-state index contributed by atoms with van der Waals surface area (Å²) in [5.74, 6) is 2.04. The molecule has 1 aromatic heterocycles. The molecule has 2 amide bonds. The molecule has 0 radical (unpaired) electrons. The van der Waals surface area contributed by atoms with Crippen LogP contribution in [0.5, 0.6) is 17.2 Å². The fraction of sp³-hybridized carbons (Fsp3) is 0.320. The number of carbonyl (C=O) groups excluding carboxylic acids is 2. The summed E-state index contributed by atoms with van der Waals surface area (Å²) in [4.78, 5) is 35.6. The van der Waals surface area contributed by atoms with Crippen LogP contribution in [0, 0.1) is 0 Å². The zero-order valence-corrected chi connectivity index (χ0v) is 19.7. The average Bonchev–Trinajstić information content (AvgIpc) is 3.55. The van der Waals surface area contributed by atoms with E-state index >= 15 is 0 Å². The quantitative estimate of drug-likeness (QED) is 0.540. The number of thiazole rings is 1. The van der Waals surface area contributed by atoms with Crippen LogP contribution in [0.1, 0.15) is 16.2 Å². The summed E-state index contributed by atoms with van der Waals surface area (Å²) in [6.45, 7) is 3.35. The minimum Gasteiger partial charge on any atom is -0.494 e. The third-order valence-corrected chi connectivity index (χ3v) is 7.02. The van der Waals surface area contributed by atoms with E-state index in [1.807, 2.05) is 58.8 Å². The lowest BCUT2D eigenvalue weighted by Gasteiger charge is -2.37. The molecule has 3 heterocycles. The summed E-state index contributed by atoms with van der Waals surface area (Å²) in [6.07, 6.45) is 2.10. The van der Waals surface area contributed by atoms with Crippen molar-refractivity contribution in [2.75, 3.05) is 44.7 Å². The lowest BCUT2D eigenvalue weighted by atomic mass is 10.2. The number of anilines is 1. The SMILES string of the molecule is COc1cc(Oc2ccccc2)ccc1N1CC(N2CCN(C(=O)c3nccs3)CC2)CC1=O. The predicted molar refractivity (Wildman–Crippen MR) is 130 cm³/mol. The second-order valence-corrected chi connectivity index (χ2v) is 9.17. The van der Waals surface area contributed by atoms with E-state index < -0.39 is 0 Å². The van der Waals surface area contributed by atoms with Crippen molar-refractivity contribution in [2.45, 2.75) is 12.5 Å². The van der Waals surface area contributed by atoms with Crippen LogP contribution < -0.4 is 14.4 Å². The third-order valence-electron chi connectivity index (χ3n) is 6.26. The Bertz CT molecular complexity index is 1150. The molecule has 2 saturated heterocycles. The number of para-hydroxylation sites is 1. The zero-order chi connectivity index (χ0) is 23.5. The maximum atomic E-state index is 12.9. The van der Waals surface area contributed by atoms with Gasteiger partial charge in [-0.25, -0.2) is 4.98 Å². The van der Waals surface area contributed by atoms with Gasteiger partial charge in [0, 0.05) is 62.8 Å². The Hall–Kier alpha value is -3.43. The fourth-order valence-corrected chi connectivity index (χ4v) is 5.09. The molecule has 2 aromatic carbocycles. The van der Waals surface area contributed by atoms with E-state index in [1.165, 1.54) is 11.3 Å². The molecule has 176 valence electrons. The van der Waals surface area contributed by atoms with E-state index in [0.717, 1.165) is 24.5 Å². The van der Waals surface area contributed by atoms with Crippen LogP contribution in [0.4, 0.5) is 5.69 Å². The molecule has 0 N–H and O–H groups in total. The van der Waals surface area contributed by atoms with Crippen LogP contribution in [0.2, 0.25) is 0 Å². The molecular formula is C25H26N4O4S. The monoisotopic (exact) mass is 478 g/mol. The van der Waals surface area contributed by atoms with Gasteiger partial charge in [-0.15, -0.1) is 11.3 Å². The zero-order valence-electron chi connectivity index (χ0n) is 18.9. The van der Waals surface area contributed by atoms with Crippen LogP contribution in [-0.2, 0) is 4.79 Å². The van der Waals surface area contributed by atoms with Crippen molar-refractivity contribution in [3.8, 4) is 17.2 Å². The van der Waals surface area contributed by atoms with Gasteiger partial charge in [0.05, 0.1) is 12.8 Å². The molecule has 0 spiro atoms. The minimum absolute atomic E-state index is 0.0127. The van der Waals surface area contributed by atoms with Gasteiger partial charge in [-0.1, -0.05) is 18.2 Å². The fourth-order valence-electron chi connectivity index (χ4n) is 4.49. The number of methoxy groups -OCH3 is 1. The molecule has 2 aliphatic rings. The molecule has 2 fully saturated rings. The largest absolute Gasteiger partial charge is 0.494 e. The second-order valence-electron chi connectivity index (χ2n) is 8.28. The van der Waals surface area contributed by atoms with E-state index in [4.69, 9.17) is 9.47 Å². The van der Waals surface area contributed by atoms with Crippen molar-refractivity contribution in [2.24, 2.45) is 0 Å². The number of hydrogen-bond acceptors (Lipinski definition) is 7. The van der Waals surface area contributed by atoms with E-state index in [9.17, 15) is 9.59 Å². The van der Waals surface area contributed by atoms with Crippen LogP contribution in [0.25, 0.3) is 0 Å². The highest BCUT2D eigenvalue weighted by Crippen LogP contribution is 2.36. The Labute approximate surface area is 202 Å². The highest BCUT2D eigenvalue weighted by Gasteiger charge is 2.37. The number of ether oxygens (including phenoxy) is 2. The van der Waals surface area contributed by atoms with Crippen LogP contribution in [-0.4, -0.2) is 72.5 Å². The first-order chi connectivity index (χ1) is 16.6. The first-order valence-electron chi connectivity index (χ1n) is 11.3. The van der Waals surface area contributed by atoms with Gasteiger partial charge in [0.2, 0.25) is 5.91 Å². The van der Waals surface area contributed by atoms with Gasteiger partial charge >= 0.3 is 0 Å². The highest BCUT2D eigenvalue weighted by atomic mass is 32.1.